The van der Waals surface area contributed by atoms with E-state index >= 15 is 0 Å². The zero-order chi connectivity index (χ0) is 7.84. The van der Waals surface area contributed by atoms with E-state index in [-0.39, 0.29) is 0 Å². The van der Waals surface area contributed by atoms with Crippen LogP contribution < -0.4 is 5.73 Å². The fraction of sp³-hybridized carbons (Fsp3) is 0.200. The molecule has 0 unspecified atom stereocenters. The summed E-state index contributed by atoms with van der Waals surface area (Å²) in [5, 5.41) is 7.54. The smallest absolute Gasteiger partial charge is 0.200 e. The van der Waals surface area contributed by atoms with Gasteiger partial charge in [-0.25, -0.2) is 0 Å². The van der Waals surface area contributed by atoms with Gasteiger partial charge in [0.1, 0.15) is 5.82 Å². The molecule has 6 heteroatoms. The van der Waals surface area contributed by atoms with Gasteiger partial charge in [0.15, 0.2) is 10.6 Å². The molecule has 1 aromatic heterocycles. The first-order valence-corrected chi connectivity index (χ1v) is 3.44. The molecule has 2 rings (SSSR count). The molecule has 11 heavy (non-hydrogen) atoms. The van der Waals surface area contributed by atoms with Crippen molar-refractivity contribution in [1.82, 2.24) is 9.97 Å². The second-order valence-electron chi connectivity index (χ2n) is 2.16. The number of aromatic nitrogens is 2. The van der Waals surface area contributed by atoms with Crippen LogP contribution in [0.15, 0.2) is 10.2 Å². The molecule has 5 nitrogen and oxygen atoms in total. The molecule has 0 bridgehead atoms. The molecule has 0 aliphatic carbocycles. The standard InChI is InChI=1S/C5H5N5S/c6-3-2-1-7-10-4(2)9-5(11)8-3/h1H2,(H3,6,8,9,11). The van der Waals surface area contributed by atoms with Gasteiger partial charge < -0.3 is 10.7 Å². The molecule has 0 saturated heterocycles. The molecule has 0 amide bonds. The van der Waals surface area contributed by atoms with Crippen LogP contribution in [0.2, 0.25) is 0 Å². The van der Waals surface area contributed by atoms with Gasteiger partial charge in [-0.3, -0.25) is 0 Å². The van der Waals surface area contributed by atoms with Gasteiger partial charge in [-0.2, -0.15) is 10.1 Å². The molecular formula is C5H5N5S. The lowest BCUT2D eigenvalue weighted by Gasteiger charge is -1.97. The highest BCUT2D eigenvalue weighted by Crippen LogP contribution is 2.26. The van der Waals surface area contributed by atoms with Crippen LogP contribution >= 0.6 is 12.2 Å². The Balaban J connectivity index is 2.76. The van der Waals surface area contributed by atoms with Crippen LogP contribution in [0.5, 0.6) is 0 Å². The summed E-state index contributed by atoms with van der Waals surface area (Å²) < 4.78 is 0.349. The molecular weight excluding hydrogens is 162 g/mol. The van der Waals surface area contributed by atoms with Gasteiger partial charge >= 0.3 is 0 Å². The topological polar surface area (TPSA) is 79.4 Å². The quantitative estimate of drug-likeness (QED) is 0.572. The highest BCUT2D eigenvalue weighted by atomic mass is 32.1. The fourth-order valence-electron chi connectivity index (χ4n) is 0.914. The zero-order valence-electron chi connectivity index (χ0n) is 5.53. The molecule has 0 spiro atoms. The Kier molecular flexibility index (Phi) is 1.22. The van der Waals surface area contributed by atoms with Crippen molar-refractivity contribution in [3.05, 3.63) is 10.3 Å². The molecule has 1 aliphatic heterocycles. The number of anilines is 1. The van der Waals surface area contributed by atoms with Crippen LogP contribution in [-0.4, -0.2) is 9.97 Å². The van der Waals surface area contributed by atoms with Crippen molar-refractivity contribution >= 4 is 23.9 Å². The molecule has 0 saturated carbocycles. The molecule has 56 valence electrons. The van der Waals surface area contributed by atoms with Crippen LogP contribution in [0.4, 0.5) is 11.6 Å². The Morgan fingerprint density at radius 2 is 2.36 bits per heavy atom. The largest absolute Gasteiger partial charge is 0.385 e. The van der Waals surface area contributed by atoms with E-state index in [0.717, 1.165) is 5.56 Å². The van der Waals surface area contributed by atoms with Gasteiger partial charge in [0.25, 0.3) is 0 Å². The van der Waals surface area contributed by atoms with Crippen molar-refractivity contribution in [3.8, 4) is 0 Å². The average molecular weight is 167 g/mol. The second-order valence-corrected chi connectivity index (χ2v) is 2.54. The zero-order valence-corrected chi connectivity index (χ0v) is 6.35. The average Bonchev–Trinajstić information content (AvgIpc) is 2.34. The van der Waals surface area contributed by atoms with Crippen molar-refractivity contribution in [3.63, 3.8) is 0 Å². The van der Waals surface area contributed by atoms with Crippen molar-refractivity contribution in [2.75, 3.05) is 5.73 Å². The maximum absolute atomic E-state index is 5.59. The monoisotopic (exact) mass is 167 g/mol. The van der Waals surface area contributed by atoms with Crippen LogP contribution in [0.1, 0.15) is 5.56 Å². The maximum atomic E-state index is 5.59. The summed E-state index contributed by atoms with van der Waals surface area (Å²) in [6.45, 7) is 0.500. The molecule has 0 aromatic carbocycles. The number of H-pyrrole nitrogens is 1. The lowest BCUT2D eigenvalue weighted by atomic mass is 10.3. The molecule has 0 radical (unpaired) electrons. The number of fused-ring (bicyclic) bond motifs is 1. The summed E-state index contributed by atoms with van der Waals surface area (Å²) in [6, 6.07) is 0. The van der Waals surface area contributed by atoms with Crippen LogP contribution in [0, 0.1) is 4.77 Å². The van der Waals surface area contributed by atoms with Gasteiger partial charge in [0.05, 0.1) is 12.1 Å². The number of azo groups is 1. The summed E-state index contributed by atoms with van der Waals surface area (Å²) in [7, 11) is 0. The lowest BCUT2D eigenvalue weighted by Crippen LogP contribution is -1.97. The van der Waals surface area contributed by atoms with E-state index in [0.29, 0.717) is 23.0 Å². The first-order valence-electron chi connectivity index (χ1n) is 3.03. The van der Waals surface area contributed by atoms with E-state index in [9.17, 15) is 0 Å². The number of nitrogens with two attached hydrogens (primary N) is 1. The van der Waals surface area contributed by atoms with E-state index in [4.69, 9.17) is 18.0 Å². The number of aromatic amines is 1. The van der Waals surface area contributed by atoms with Gasteiger partial charge in [-0.1, -0.05) is 0 Å². The fourth-order valence-corrected chi connectivity index (χ4v) is 1.11. The van der Waals surface area contributed by atoms with Crippen LogP contribution in [-0.2, 0) is 6.54 Å². The predicted molar refractivity (Wildman–Crippen MR) is 42.1 cm³/mol. The summed E-state index contributed by atoms with van der Waals surface area (Å²) in [5.74, 6) is 1.07. The summed E-state index contributed by atoms with van der Waals surface area (Å²) in [6.07, 6.45) is 0. The van der Waals surface area contributed by atoms with Crippen molar-refractivity contribution in [1.29, 1.82) is 0 Å². The minimum atomic E-state index is 0.349. The highest BCUT2D eigenvalue weighted by molar-refractivity contribution is 7.71. The predicted octanol–water partition coefficient (Wildman–Crippen LogP) is 1.32. The van der Waals surface area contributed by atoms with Crippen molar-refractivity contribution < 1.29 is 0 Å². The third-order valence-corrected chi connectivity index (χ3v) is 1.63. The van der Waals surface area contributed by atoms with E-state index in [1.54, 1.807) is 0 Å². The Morgan fingerprint density at radius 3 is 3.18 bits per heavy atom. The minimum absolute atomic E-state index is 0.349. The number of hydrogen-bond acceptors (Lipinski definition) is 5. The lowest BCUT2D eigenvalue weighted by molar-refractivity contribution is 1.03. The molecule has 1 aliphatic rings. The first kappa shape index (κ1) is 6.41. The molecule has 2 heterocycles. The third kappa shape index (κ3) is 0.911. The normalized spacial score (nSPS) is 13.5. The number of hydrogen-bond donors (Lipinski definition) is 2. The van der Waals surface area contributed by atoms with Gasteiger partial charge in [-0.05, 0) is 12.2 Å². The van der Waals surface area contributed by atoms with Gasteiger partial charge in [0.2, 0.25) is 0 Å². The SMILES string of the molecule is Nc1[nH]c(=S)nc2c1CN=N2. The van der Waals surface area contributed by atoms with E-state index in [1.165, 1.54) is 0 Å². The van der Waals surface area contributed by atoms with E-state index < -0.39 is 0 Å². The maximum Gasteiger partial charge on any atom is 0.200 e. The molecule has 1 aromatic rings. The van der Waals surface area contributed by atoms with Crippen LogP contribution in [0.25, 0.3) is 0 Å². The van der Waals surface area contributed by atoms with Gasteiger partial charge in [0, 0.05) is 0 Å². The third-order valence-electron chi connectivity index (χ3n) is 1.44. The Labute approximate surface area is 67.4 Å². The summed E-state index contributed by atoms with van der Waals surface area (Å²) in [4.78, 5) is 6.67. The van der Waals surface area contributed by atoms with E-state index in [2.05, 4.69) is 20.2 Å². The second kappa shape index (κ2) is 2.09. The van der Waals surface area contributed by atoms with Crippen molar-refractivity contribution in [2.24, 2.45) is 10.2 Å². The molecule has 3 N–H and O–H groups in total. The molecule has 0 fully saturated rings. The number of nitrogens with one attached hydrogen (secondary N) is 1. The number of nitrogen functional groups attached to an aromatic ring is 1. The Hall–Kier alpha value is -1.30. The van der Waals surface area contributed by atoms with Crippen molar-refractivity contribution in [2.45, 2.75) is 6.54 Å². The summed E-state index contributed by atoms with van der Waals surface area (Å²) in [5.41, 5.74) is 6.42. The highest BCUT2D eigenvalue weighted by Gasteiger charge is 2.12. The first-order chi connectivity index (χ1) is 5.27. The number of nitrogens with zero attached hydrogens (tertiary/aromatic N) is 3. The molecule has 0 atom stereocenters. The Bertz CT molecular complexity index is 379. The number of rotatable bonds is 0. The summed E-state index contributed by atoms with van der Waals surface area (Å²) >= 11 is 4.79. The van der Waals surface area contributed by atoms with E-state index in [1.807, 2.05) is 0 Å². The minimum Gasteiger partial charge on any atom is -0.385 e. The Morgan fingerprint density at radius 1 is 1.55 bits per heavy atom. The van der Waals surface area contributed by atoms with Gasteiger partial charge in [-0.15, -0.1) is 5.11 Å². The van der Waals surface area contributed by atoms with Crippen LogP contribution in [0.3, 0.4) is 0 Å².